The average Bonchev–Trinajstić information content (AvgIpc) is 2.37. The number of rotatable bonds is 8. The fourth-order valence-electron chi connectivity index (χ4n) is 1.44. The molecule has 1 aromatic carbocycles. The van der Waals surface area contributed by atoms with Crippen LogP contribution in [0.3, 0.4) is 0 Å². The summed E-state index contributed by atoms with van der Waals surface area (Å²) in [4.78, 5) is 0. The van der Waals surface area contributed by atoms with Crippen LogP contribution in [0.25, 0.3) is 0 Å². The van der Waals surface area contributed by atoms with Gasteiger partial charge >= 0.3 is 0 Å². The molecule has 0 fully saturated rings. The molecule has 0 spiro atoms. The summed E-state index contributed by atoms with van der Waals surface area (Å²) in [7, 11) is -1.82. The summed E-state index contributed by atoms with van der Waals surface area (Å²) in [6.07, 6.45) is 0.981. The predicted molar refractivity (Wildman–Crippen MR) is 81.3 cm³/mol. The number of hydrogen-bond acceptors (Lipinski definition) is 4. The first kappa shape index (κ1) is 16.3. The van der Waals surface area contributed by atoms with Gasteiger partial charge in [0.25, 0.3) is 0 Å². The van der Waals surface area contributed by atoms with Gasteiger partial charge in [0.2, 0.25) is 10.0 Å². The Balaban J connectivity index is 2.67. The van der Waals surface area contributed by atoms with E-state index in [1.54, 1.807) is 18.2 Å². The van der Waals surface area contributed by atoms with Crippen LogP contribution in [-0.4, -0.2) is 34.4 Å². The molecule has 0 aliphatic heterocycles. The van der Waals surface area contributed by atoms with Crippen LogP contribution >= 0.6 is 15.9 Å². The van der Waals surface area contributed by atoms with E-state index in [1.807, 2.05) is 6.92 Å². The normalized spacial score (nSPS) is 11.3. The van der Waals surface area contributed by atoms with Crippen LogP contribution < -0.4 is 14.8 Å². The molecule has 0 unspecified atom stereocenters. The summed E-state index contributed by atoms with van der Waals surface area (Å²) in [5.74, 6) is 0.640. The molecule has 0 saturated carbocycles. The molecular weight excluding hydrogens is 332 g/mol. The zero-order valence-electron chi connectivity index (χ0n) is 11.1. The average molecular weight is 351 g/mol. The lowest BCUT2D eigenvalue weighted by molar-refractivity contribution is 0.415. The molecule has 0 amide bonds. The molecule has 108 valence electrons. The highest BCUT2D eigenvalue weighted by atomic mass is 79.9. The van der Waals surface area contributed by atoms with Gasteiger partial charge in [-0.25, -0.2) is 8.42 Å². The van der Waals surface area contributed by atoms with Crippen molar-refractivity contribution < 1.29 is 13.2 Å². The summed E-state index contributed by atoms with van der Waals surface area (Å²) < 4.78 is 32.1. The lowest BCUT2D eigenvalue weighted by atomic mass is 10.3. The van der Waals surface area contributed by atoms with Gasteiger partial charge in [0, 0.05) is 17.1 Å². The quantitative estimate of drug-likeness (QED) is 0.705. The van der Waals surface area contributed by atoms with Crippen LogP contribution in [0, 0.1) is 0 Å². The third kappa shape index (κ3) is 5.80. The van der Waals surface area contributed by atoms with Gasteiger partial charge in [0.1, 0.15) is 5.75 Å². The topological polar surface area (TPSA) is 67.4 Å². The highest BCUT2D eigenvalue weighted by molar-refractivity contribution is 9.10. The number of nitrogens with one attached hydrogen (secondary N) is 2. The molecule has 0 aliphatic carbocycles. The Hall–Kier alpha value is -0.790. The molecule has 19 heavy (non-hydrogen) atoms. The predicted octanol–water partition coefficient (Wildman–Crippen LogP) is 2.20. The summed E-state index contributed by atoms with van der Waals surface area (Å²) in [6, 6.07) is 5.14. The van der Waals surface area contributed by atoms with Crippen molar-refractivity contribution in [3.8, 4) is 5.75 Å². The second kappa shape index (κ2) is 7.72. The standard InChI is InChI=1S/C12H19BrN2O3S/c1-3-6-14-7-8-19(16,17)15-12-9-10(18-2)4-5-11(12)13/h4-5,9,14-15H,3,6-8H2,1-2H3. The van der Waals surface area contributed by atoms with E-state index in [1.165, 1.54) is 7.11 Å². The molecule has 5 nitrogen and oxygen atoms in total. The number of hydrogen-bond donors (Lipinski definition) is 2. The molecule has 0 radical (unpaired) electrons. The summed E-state index contributed by atoms with van der Waals surface area (Å²) in [5, 5.41) is 3.06. The molecule has 0 atom stereocenters. The molecule has 1 rings (SSSR count). The van der Waals surface area contributed by atoms with Crippen molar-refractivity contribution >= 4 is 31.6 Å². The van der Waals surface area contributed by atoms with Crippen molar-refractivity contribution in [2.45, 2.75) is 13.3 Å². The molecule has 0 heterocycles. The zero-order valence-corrected chi connectivity index (χ0v) is 13.5. The van der Waals surface area contributed by atoms with Gasteiger partial charge in [-0.15, -0.1) is 0 Å². The highest BCUT2D eigenvalue weighted by Crippen LogP contribution is 2.27. The molecular formula is C12H19BrN2O3S. The van der Waals surface area contributed by atoms with E-state index in [4.69, 9.17) is 4.74 Å². The van der Waals surface area contributed by atoms with E-state index in [-0.39, 0.29) is 5.75 Å². The molecule has 1 aromatic rings. The second-order valence-corrected chi connectivity index (χ2v) is 6.71. The lowest BCUT2D eigenvalue weighted by Crippen LogP contribution is -2.27. The fraction of sp³-hybridized carbons (Fsp3) is 0.500. The Kier molecular flexibility index (Phi) is 6.60. The number of ether oxygens (including phenoxy) is 1. The molecule has 0 aromatic heterocycles. The van der Waals surface area contributed by atoms with Crippen molar-refractivity contribution in [2.24, 2.45) is 0 Å². The number of benzene rings is 1. The number of halogens is 1. The van der Waals surface area contributed by atoms with Crippen LogP contribution in [0.2, 0.25) is 0 Å². The molecule has 2 N–H and O–H groups in total. The first-order chi connectivity index (χ1) is 8.98. The summed E-state index contributed by atoms with van der Waals surface area (Å²) in [5.41, 5.74) is 0.481. The van der Waals surface area contributed by atoms with E-state index in [2.05, 4.69) is 26.0 Å². The minimum absolute atomic E-state index is 0.0383. The Labute approximate surface area is 122 Å². The summed E-state index contributed by atoms with van der Waals surface area (Å²) >= 11 is 3.31. The fourth-order valence-corrected chi connectivity index (χ4v) is 2.93. The van der Waals surface area contributed by atoms with Gasteiger partial charge in [-0.3, -0.25) is 4.72 Å². The van der Waals surface area contributed by atoms with Gasteiger partial charge in [-0.05, 0) is 41.0 Å². The van der Waals surface area contributed by atoms with Gasteiger partial charge in [0.05, 0.1) is 18.6 Å². The minimum Gasteiger partial charge on any atom is -0.497 e. The van der Waals surface area contributed by atoms with Crippen molar-refractivity contribution in [1.82, 2.24) is 5.32 Å². The molecule has 7 heteroatoms. The van der Waals surface area contributed by atoms with Crippen LogP contribution in [-0.2, 0) is 10.0 Å². The smallest absolute Gasteiger partial charge is 0.234 e. The van der Waals surface area contributed by atoms with Gasteiger partial charge in [-0.1, -0.05) is 6.92 Å². The Morgan fingerprint density at radius 3 is 2.68 bits per heavy atom. The maximum Gasteiger partial charge on any atom is 0.234 e. The van der Waals surface area contributed by atoms with E-state index in [9.17, 15) is 8.42 Å². The second-order valence-electron chi connectivity index (χ2n) is 4.02. The van der Waals surface area contributed by atoms with E-state index < -0.39 is 10.0 Å². The first-order valence-corrected chi connectivity index (χ1v) is 8.47. The van der Waals surface area contributed by atoms with Crippen LogP contribution in [0.5, 0.6) is 5.75 Å². The Morgan fingerprint density at radius 1 is 1.32 bits per heavy atom. The monoisotopic (exact) mass is 350 g/mol. The van der Waals surface area contributed by atoms with Crippen LogP contribution in [0.4, 0.5) is 5.69 Å². The SMILES string of the molecule is CCCNCCS(=O)(=O)Nc1cc(OC)ccc1Br. The van der Waals surface area contributed by atoms with E-state index in [0.717, 1.165) is 13.0 Å². The molecule has 0 aliphatic rings. The Morgan fingerprint density at radius 2 is 2.05 bits per heavy atom. The molecule has 0 bridgehead atoms. The van der Waals surface area contributed by atoms with Crippen molar-refractivity contribution in [3.63, 3.8) is 0 Å². The van der Waals surface area contributed by atoms with E-state index in [0.29, 0.717) is 22.5 Å². The highest BCUT2D eigenvalue weighted by Gasteiger charge is 2.12. The Bertz CT molecular complexity index is 506. The number of anilines is 1. The van der Waals surface area contributed by atoms with Crippen LogP contribution in [0.1, 0.15) is 13.3 Å². The zero-order chi connectivity index (χ0) is 14.3. The maximum atomic E-state index is 11.9. The van der Waals surface area contributed by atoms with Crippen LogP contribution in [0.15, 0.2) is 22.7 Å². The third-order valence-electron chi connectivity index (χ3n) is 2.41. The lowest BCUT2D eigenvalue weighted by Gasteiger charge is -2.11. The largest absolute Gasteiger partial charge is 0.497 e. The van der Waals surface area contributed by atoms with Crippen molar-refractivity contribution in [3.05, 3.63) is 22.7 Å². The van der Waals surface area contributed by atoms with Crippen molar-refractivity contribution in [1.29, 1.82) is 0 Å². The van der Waals surface area contributed by atoms with Gasteiger partial charge in [-0.2, -0.15) is 0 Å². The van der Waals surface area contributed by atoms with Crippen molar-refractivity contribution in [2.75, 3.05) is 30.7 Å². The van der Waals surface area contributed by atoms with Gasteiger partial charge in [0.15, 0.2) is 0 Å². The van der Waals surface area contributed by atoms with E-state index >= 15 is 0 Å². The maximum absolute atomic E-state index is 11.9. The third-order valence-corrected chi connectivity index (χ3v) is 4.38. The molecule has 0 saturated heterocycles. The number of sulfonamides is 1. The minimum atomic E-state index is -3.36. The van der Waals surface area contributed by atoms with Gasteiger partial charge < -0.3 is 10.1 Å². The number of methoxy groups -OCH3 is 1. The summed E-state index contributed by atoms with van der Waals surface area (Å²) in [6.45, 7) is 3.29. The first-order valence-electron chi connectivity index (χ1n) is 6.03.